The van der Waals surface area contributed by atoms with Gasteiger partial charge in [-0.2, -0.15) is 11.8 Å². The molecular weight excluding hydrogens is 341 g/mol. The number of halogens is 2. The molecule has 1 N–H and O–H groups in total. The molecule has 102 valence electrons. The van der Waals surface area contributed by atoms with Crippen LogP contribution in [0.15, 0.2) is 27.6 Å². The molecule has 0 aromatic heterocycles. The van der Waals surface area contributed by atoms with Crippen LogP contribution >= 0.6 is 27.7 Å². The zero-order valence-corrected chi connectivity index (χ0v) is 13.3. The quantitative estimate of drug-likeness (QED) is 0.853. The van der Waals surface area contributed by atoms with Gasteiger partial charge in [0.1, 0.15) is 5.82 Å². The highest BCUT2D eigenvalue weighted by Crippen LogP contribution is 2.19. The van der Waals surface area contributed by atoms with Crippen LogP contribution in [-0.4, -0.2) is 27.0 Å². The maximum atomic E-state index is 13.3. The molecule has 0 fully saturated rings. The number of hydrogen-bond acceptors (Lipinski definition) is 3. The lowest BCUT2D eigenvalue weighted by Crippen LogP contribution is -2.29. The van der Waals surface area contributed by atoms with Gasteiger partial charge in [0.05, 0.1) is 9.37 Å². The molecule has 0 spiro atoms. The van der Waals surface area contributed by atoms with Crippen LogP contribution in [0, 0.1) is 11.7 Å². The summed E-state index contributed by atoms with van der Waals surface area (Å²) in [6, 6.07) is 3.76. The summed E-state index contributed by atoms with van der Waals surface area (Å²) in [4.78, 5) is -0.0560. The summed E-state index contributed by atoms with van der Waals surface area (Å²) < 4.78 is 39.8. The predicted molar refractivity (Wildman–Crippen MR) is 76.8 cm³/mol. The van der Waals surface area contributed by atoms with E-state index in [0.29, 0.717) is 6.54 Å². The minimum atomic E-state index is -3.63. The van der Waals surface area contributed by atoms with E-state index in [-0.39, 0.29) is 15.3 Å². The van der Waals surface area contributed by atoms with Crippen LogP contribution in [0.2, 0.25) is 0 Å². The summed E-state index contributed by atoms with van der Waals surface area (Å²) in [5.74, 6) is 0.516. The normalized spacial score (nSPS) is 13.6. The molecule has 0 amide bonds. The topological polar surface area (TPSA) is 46.2 Å². The molecule has 7 heteroatoms. The summed E-state index contributed by atoms with van der Waals surface area (Å²) in [6.07, 6.45) is 1.97. The van der Waals surface area contributed by atoms with E-state index in [0.717, 1.165) is 11.8 Å². The summed E-state index contributed by atoms with van der Waals surface area (Å²) in [7, 11) is -3.63. The molecular formula is C11H15BrFNO2S2. The number of sulfonamides is 1. The molecule has 0 heterocycles. The first-order valence-corrected chi connectivity index (χ1v) is 8.97. The molecule has 0 bridgehead atoms. The second-order valence-corrected chi connectivity index (χ2v) is 7.52. The van der Waals surface area contributed by atoms with E-state index < -0.39 is 15.8 Å². The number of rotatable bonds is 6. The molecule has 0 aliphatic carbocycles. The Morgan fingerprint density at radius 2 is 2.17 bits per heavy atom. The largest absolute Gasteiger partial charge is 0.240 e. The smallest absolute Gasteiger partial charge is 0.211 e. The van der Waals surface area contributed by atoms with Gasteiger partial charge in [-0.15, -0.1) is 0 Å². The van der Waals surface area contributed by atoms with Crippen molar-refractivity contribution < 1.29 is 12.8 Å². The zero-order valence-electron chi connectivity index (χ0n) is 10.1. The fraction of sp³-hybridized carbons (Fsp3) is 0.455. The van der Waals surface area contributed by atoms with Crippen LogP contribution in [0.4, 0.5) is 4.39 Å². The molecule has 0 radical (unpaired) electrons. The average molecular weight is 356 g/mol. The first-order valence-electron chi connectivity index (χ1n) is 5.30. The third-order valence-corrected chi connectivity index (χ3v) is 5.24. The molecule has 1 aromatic carbocycles. The SMILES string of the molecule is CSCC(C)CNS(=O)(=O)c1ccc(Br)c(F)c1. The van der Waals surface area contributed by atoms with Gasteiger partial charge >= 0.3 is 0 Å². The van der Waals surface area contributed by atoms with Gasteiger partial charge in [-0.1, -0.05) is 6.92 Å². The van der Waals surface area contributed by atoms with Crippen molar-refractivity contribution in [1.29, 1.82) is 0 Å². The van der Waals surface area contributed by atoms with E-state index in [1.807, 2.05) is 13.2 Å². The lowest BCUT2D eigenvalue weighted by molar-refractivity contribution is 0.560. The highest BCUT2D eigenvalue weighted by atomic mass is 79.9. The van der Waals surface area contributed by atoms with Crippen molar-refractivity contribution in [1.82, 2.24) is 4.72 Å². The fourth-order valence-corrected chi connectivity index (χ4v) is 3.43. The van der Waals surface area contributed by atoms with E-state index in [9.17, 15) is 12.8 Å². The number of thioether (sulfide) groups is 1. The Hall–Kier alpha value is -0.110. The van der Waals surface area contributed by atoms with Crippen molar-refractivity contribution in [3.05, 3.63) is 28.5 Å². The Balaban J connectivity index is 2.77. The van der Waals surface area contributed by atoms with Gasteiger partial charge < -0.3 is 0 Å². The lowest BCUT2D eigenvalue weighted by Gasteiger charge is -2.12. The molecule has 1 rings (SSSR count). The Kier molecular flexibility index (Phi) is 6.10. The predicted octanol–water partition coefficient (Wildman–Crippen LogP) is 2.87. The van der Waals surface area contributed by atoms with Gasteiger partial charge in [-0.25, -0.2) is 17.5 Å². The van der Waals surface area contributed by atoms with Crippen molar-refractivity contribution >= 4 is 37.7 Å². The minimum absolute atomic E-state index is 0.0560. The first-order chi connectivity index (χ1) is 8.36. The van der Waals surface area contributed by atoms with E-state index in [1.165, 1.54) is 12.1 Å². The number of hydrogen-bond donors (Lipinski definition) is 1. The second kappa shape index (κ2) is 6.88. The van der Waals surface area contributed by atoms with E-state index in [4.69, 9.17) is 0 Å². The minimum Gasteiger partial charge on any atom is -0.211 e. The van der Waals surface area contributed by atoms with Crippen molar-refractivity contribution in [3.8, 4) is 0 Å². The highest BCUT2D eigenvalue weighted by Gasteiger charge is 2.16. The van der Waals surface area contributed by atoms with Crippen molar-refractivity contribution in [3.63, 3.8) is 0 Å². The summed E-state index contributed by atoms with van der Waals surface area (Å²) in [5.41, 5.74) is 0. The number of benzene rings is 1. The van der Waals surface area contributed by atoms with Crippen LogP contribution in [0.5, 0.6) is 0 Å². The molecule has 1 unspecified atom stereocenters. The van der Waals surface area contributed by atoms with Gasteiger partial charge in [0.15, 0.2) is 0 Å². The van der Waals surface area contributed by atoms with Crippen LogP contribution in [-0.2, 0) is 10.0 Å². The van der Waals surface area contributed by atoms with Crippen molar-refractivity contribution in [2.45, 2.75) is 11.8 Å². The van der Waals surface area contributed by atoms with Crippen molar-refractivity contribution in [2.24, 2.45) is 5.92 Å². The third-order valence-electron chi connectivity index (χ3n) is 2.27. The van der Waals surface area contributed by atoms with Gasteiger partial charge in [0, 0.05) is 6.54 Å². The van der Waals surface area contributed by atoms with E-state index in [1.54, 1.807) is 11.8 Å². The van der Waals surface area contributed by atoms with Gasteiger partial charge in [0.2, 0.25) is 10.0 Å². The Morgan fingerprint density at radius 3 is 2.72 bits per heavy atom. The van der Waals surface area contributed by atoms with E-state index in [2.05, 4.69) is 20.7 Å². The van der Waals surface area contributed by atoms with Crippen molar-refractivity contribution in [2.75, 3.05) is 18.6 Å². The third kappa shape index (κ3) is 4.53. The zero-order chi connectivity index (χ0) is 13.8. The van der Waals surface area contributed by atoms with Crippen LogP contribution in [0.25, 0.3) is 0 Å². The second-order valence-electron chi connectivity index (χ2n) is 3.99. The Labute approximate surface area is 120 Å². The molecule has 1 atom stereocenters. The standard InChI is InChI=1S/C11H15BrFNO2S2/c1-8(7-17-2)6-14-18(15,16)9-3-4-10(12)11(13)5-9/h3-5,8,14H,6-7H2,1-2H3. The molecule has 0 aliphatic rings. The van der Waals surface area contributed by atoms with Crippen LogP contribution in [0.3, 0.4) is 0 Å². The summed E-state index contributed by atoms with van der Waals surface area (Å²) in [6.45, 7) is 2.31. The molecule has 0 saturated heterocycles. The molecule has 0 aliphatic heterocycles. The lowest BCUT2D eigenvalue weighted by atomic mass is 10.2. The number of nitrogens with one attached hydrogen (secondary N) is 1. The average Bonchev–Trinajstić information content (AvgIpc) is 2.30. The summed E-state index contributed by atoms with van der Waals surface area (Å²) >= 11 is 4.65. The van der Waals surface area contributed by atoms with Gasteiger partial charge in [0.25, 0.3) is 0 Å². The van der Waals surface area contributed by atoms with Gasteiger partial charge in [-0.3, -0.25) is 0 Å². The fourth-order valence-electron chi connectivity index (χ4n) is 1.32. The maximum Gasteiger partial charge on any atom is 0.240 e. The Bertz CT molecular complexity index is 508. The summed E-state index contributed by atoms with van der Waals surface area (Å²) in [5, 5.41) is 0. The Morgan fingerprint density at radius 1 is 1.50 bits per heavy atom. The molecule has 0 saturated carbocycles. The molecule has 18 heavy (non-hydrogen) atoms. The first kappa shape index (κ1) is 15.9. The molecule has 3 nitrogen and oxygen atoms in total. The van der Waals surface area contributed by atoms with E-state index >= 15 is 0 Å². The van der Waals surface area contributed by atoms with Crippen LogP contribution in [0.1, 0.15) is 6.92 Å². The van der Waals surface area contributed by atoms with Crippen LogP contribution < -0.4 is 4.72 Å². The highest BCUT2D eigenvalue weighted by molar-refractivity contribution is 9.10. The maximum absolute atomic E-state index is 13.3. The monoisotopic (exact) mass is 355 g/mol. The molecule has 1 aromatic rings. The van der Waals surface area contributed by atoms with Gasteiger partial charge in [-0.05, 0) is 52.1 Å².